The predicted octanol–water partition coefficient (Wildman–Crippen LogP) is -1.23. The van der Waals surface area contributed by atoms with Crippen LogP contribution in [0.4, 0.5) is 0 Å². The Kier molecular flexibility index (Phi) is 5.83. The molecule has 0 unspecified atom stereocenters. The van der Waals surface area contributed by atoms with Crippen molar-refractivity contribution in [2.75, 3.05) is 7.11 Å². The van der Waals surface area contributed by atoms with Gasteiger partial charge in [0.2, 0.25) is 0 Å². The Labute approximate surface area is 160 Å². The first-order valence-electron chi connectivity index (χ1n) is 6.99. The Morgan fingerprint density at radius 3 is 2.62 bits per heavy atom. The number of rotatable bonds is 4. The number of methoxy groups -OCH3 is 1. The molecule has 3 aromatic rings. The van der Waals surface area contributed by atoms with Crippen LogP contribution in [0.1, 0.15) is 5.56 Å². The molecule has 1 aromatic heterocycles. The minimum atomic E-state index is -1.23. The molecular weight excluding hydrogens is 319 g/mol. The molecule has 0 spiro atoms. The molecule has 24 heavy (non-hydrogen) atoms. The van der Waals surface area contributed by atoms with Gasteiger partial charge in [0.1, 0.15) is 17.1 Å². The maximum absolute atomic E-state index is 12.3. The van der Waals surface area contributed by atoms with Gasteiger partial charge >= 0.3 is 29.6 Å². The van der Waals surface area contributed by atoms with Gasteiger partial charge in [-0.2, -0.15) is 0 Å². The number of carbonyl (C=O) groups is 1. The SMILES string of the molecule is COc1ccccc1-c1cc(=O)c2cccc(CC(=O)[O-])c2o1.[Na+]. The number of aliphatic carboxylic acids is 1. The molecule has 0 radical (unpaired) electrons. The maximum atomic E-state index is 12.3. The molecule has 0 amide bonds. The Balaban J connectivity index is 0.00000208. The van der Waals surface area contributed by atoms with E-state index in [0.29, 0.717) is 28.0 Å². The molecule has 0 N–H and O–H groups in total. The Morgan fingerprint density at radius 1 is 1.17 bits per heavy atom. The third-order valence-corrected chi connectivity index (χ3v) is 3.54. The van der Waals surface area contributed by atoms with Crippen molar-refractivity contribution in [2.45, 2.75) is 6.42 Å². The van der Waals surface area contributed by atoms with Crippen molar-refractivity contribution in [3.63, 3.8) is 0 Å². The van der Waals surface area contributed by atoms with Crippen molar-refractivity contribution in [1.82, 2.24) is 0 Å². The number of hydrogen-bond acceptors (Lipinski definition) is 5. The Bertz CT molecular complexity index is 946. The van der Waals surface area contributed by atoms with Crippen LogP contribution in [0, 0.1) is 0 Å². The van der Waals surface area contributed by atoms with Gasteiger partial charge in [-0.1, -0.05) is 24.3 Å². The van der Waals surface area contributed by atoms with E-state index in [9.17, 15) is 14.7 Å². The van der Waals surface area contributed by atoms with Crippen molar-refractivity contribution in [1.29, 1.82) is 0 Å². The normalized spacial score (nSPS) is 10.2. The first-order chi connectivity index (χ1) is 11.1. The van der Waals surface area contributed by atoms with Crippen LogP contribution < -0.4 is 44.8 Å². The molecule has 0 aliphatic rings. The second-order valence-electron chi connectivity index (χ2n) is 5.02. The van der Waals surface area contributed by atoms with E-state index in [2.05, 4.69) is 0 Å². The van der Waals surface area contributed by atoms with Gasteiger partial charge in [-0.25, -0.2) is 0 Å². The van der Waals surface area contributed by atoms with Gasteiger partial charge in [-0.3, -0.25) is 4.79 Å². The van der Waals surface area contributed by atoms with Crippen LogP contribution in [0.25, 0.3) is 22.3 Å². The summed E-state index contributed by atoms with van der Waals surface area (Å²) in [6.45, 7) is 0. The number of para-hydroxylation sites is 2. The van der Waals surface area contributed by atoms with Crippen LogP contribution in [0.15, 0.2) is 57.7 Å². The zero-order valence-corrected chi connectivity index (χ0v) is 15.4. The molecule has 0 aliphatic heterocycles. The molecular formula is C18H13NaO5. The van der Waals surface area contributed by atoms with Gasteiger partial charge in [0.05, 0.1) is 18.1 Å². The number of fused-ring (bicyclic) bond motifs is 1. The number of ether oxygens (including phenoxy) is 1. The largest absolute Gasteiger partial charge is 1.00 e. The summed E-state index contributed by atoms with van der Waals surface area (Å²) in [7, 11) is 1.53. The molecule has 0 atom stereocenters. The molecule has 0 saturated heterocycles. The third kappa shape index (κ3) is 3.53. The number of carboxylic acid groups (broad SMARTS) is 1. The fourth-order valence-corrected chi connectivity index (χ4v) is 2.51. The summed E-state index contributed by atoms with van der Waals surface area (Å²) in [5.74, 6) is -0.346. The van der Waals surface area contributed by atoms with Crippen LogP contribution >= 0.6 is 0 Å². The zero-order valence-electron chi connectivity index (χ0n) is 13.4. The van der Waals surface area contributed by atoms with Crippen LogP contribution in [-0.2, 0) is 11.2 Å². The molecule has 0 bridgehead atoms. The van der Waals surface area contributed by atoms with Gasteiger partial charge in [0.15, 0.2) is 5.43 Å². The van der Waals surface area contributed by atoms with Crippen LogP contribution in [0.5, 0.6) is 5.75 Å². The second-order valence-corrected chi connectivity index (χ2v) is 5.02. The molecule has 2 aromatic carbocycles. The minimum Gasteiger partial charge on any atom is -0.550 e. The third-order valence-electron chi connectivity index (χ3n) is 3.54. The molecule has 0 fully saturated rings. The van der Waals surface area contributed by atoms with E-state index < -0.39 is 5.97 Å². The molecule has 116 valence electrons. The van der Waals surface area contributed by atoms with Crippen LogP contribution in [0.2, 0.25) is 0 Å². The van der Waals surface area contributed by atoms with Gasteiger partial charge in [0, 0.05) is 24.0 Å². The molecule has 5 nitrogen and oxygen atoms in total. The summed E-state index contributed by atoms with van der Waals surface area (Å²) in [6, 6.07) is 13.3. The summed E-state index contributed by atoms with van der Waals surface area (Å²) < 4.78 is 11.1. The molecule has 0 saturated carbocycles. The van der Waals surface area contributed by atoms with E-state index in [1.165, 1.54) is 13.2 Å². The standard InChI is InChI=1S/C18H14O5.Na/c1-22-15-8-3-2-6-13(15)16-10-14(19)12-7-4-5-11(9-17(20)21)18(12)23-16;/h2-8,10H,9H2,1H3,(H,20,21);/q;+1/p-1. The quantitative estimate of drug-likeness (QED) is 0.559. The van der Waals surface area contributed by atoms with Crippen molar-refractivity contribution in [3.05, 3.63) is 64.3 Å². The summed E-state index contributed by atoms with van der Waals surface area (Å²) in [5.41, 5.74) is 1.03. The van der Waals surface area contributed by atoms with Gasteiger partial charge in [-0.15, -0.1) is 0 Å². The molecule has 3 rings (SSSR count). The van der Waals surface area contributed by atoms with Gasteiger partial charge in [0.25, 0.3) is 0 Å². The maximum Gasteiger partial charge on any atom is 1.00 e. The van der Waals surface area contributed by atoms with Crippen molar-refractivity contribution >= 4 is 16.9 Å². The number of carboxylic acids is 1. The summed E-state index contributed by atoms with van der Waals surface area (Å²) in [4.78, 5) is 23.2. The average Bonchev–Trinajstić information content (AvgIpc) is 2.55. The van der Waals surface area contributed by atoms with E-state index in [-0.39, 0.29) is 47.0 Å². The van der Waals surface area contributed by atoms with Crippen LogP contribution in [0.3, 0.4) is 0 Å². The predicted molar refractivity (Wildman–Crippen MR) is 83.2 cm³/mol. The first-order valence-corrected chi connectivity index (χ1v) is 6.99. The van der Waals surface area contributed by atoms with Gasteiger partial charge in [-0.05, 0) is 18.2 Å². The number of carbonyl (C=O) groups excluding carboxylic acids is 1. The van der Waals surface area contributed by atoms with Crippen LogP contribution in [-0.4, -0.2) is 13.1 Å². The monoisotopic (exact) mass is 332 g/mol. The van der Waals surface area contributed by atoms with E-state index in [0.717, 1.165) is 0 Å². The van der Waals surface area contributed by atoms with Crippen molar-refractivity contribution in [2.24, 2.45) is 0 Å². The molecule has 1 heterocycles. The Morgan fingerprint density at radius 2 is 1.92 bits per heavy atom. The van der Waals surface area contributed by atoms with E-state index >= 15 is 0 Å². The van der Waals surface area contributed by atoms with Crippen molar-refractivity contribution < 1.29 is 48.6 Å². The average molecular weight is 332 g/mol. The molecule has 6 heteroatoms. The van der Waals surface area contributed by atoms with E-state index in [1.807, 2.05) is 6.07 Å². The van der Waals surface area contributed by atoms with E-state index in [1.54, 1.807) is 36.4 Å². The summed E-state index contributed by atoms with van der Waals surface area (Å²) >= 11 is 0. The smallest absolute Gasteiger partial charge is 0.550 e. The van der Waals surface area contributed by atoms with Gasteiger partial charge < -0.3 is 19.1 Å². The van der Waals surface area contributed by atoms with Crippen molar-refractivity contribution in [3.8, 4) is 17.1 Å². The zero-order chi connectivity index (χ0) is 16.4. The fourth-order valence-electron chi connectivity index (χ4n) is 2.51. The summed E-state index contributed by atoms with van der Waals surface area (Å²) in [5, 5.41) is 11.2. The second kappa shape index (κ2) is 7.66. The topological polar surface area (TPSA) is 79.6 Å². The number of benzene rings is 2. The fraction of sp³-hybridized carbons (Fsp3) is 0.111. The molecule has 0 aliphatic carbocycles. The number of hydrogen-bond donors (Lipinski definition) is 0. The van der Waals surface area contributed by atoms with E-state index in [4.69, 9.17) is 9.15 Å². The summed E-state index contributed by atoms with van der Waals surface area (Å²) in [6.07, 6.45) is -0.324. The first kappa shape index (κ1) is 18.3. The minimum absolute atomic E-state index is 0. The Hall–Kier alpha value is -2.08.